The first-order valence-electron chi connectivity index (χ1n) is 18.0. The van der Waals surface area contributed by atoms with Crippen molar-refractivity contribution in [1.82, 2.24) is 19.4 Å². The van der Waals surface area contributed by atoms with Crippen LogP contribution in [0.1, 0.15) is 59.3 Å². The van der Waals surface area contributed by atoms with Crippen LogP contribution in [0.15, 0.2) is 69.7 Å². The van der Waals surface area contributed by atoms with Crippen LogP contribution in [0, 0.1) is 31.1 Å². The van der Waals surface area contributed by atoms with Crippen LogP contribution in [0.3, 0.4) is 0 Å². The van der Waals surface area contributed by atoms with E-state index in [9.17, 15) is 14.9 Å². The van der Waals surface area contributed by atoms with Gasteiger partial charge in [0.1, 0.15) is 33.5 Å². The van der Waals surface area contributed by atoms with Gasteiger partial charge in [-0.05, 0) is 128 Å². The van der Waals surface area contributed by atoms with Gasteiger partial charge in [0, 0.05) is 43.0 Å². The lowest BCUT2D eigenvalue weighted by molar-refractivity contribution is -0.129. The number of piperidine rings is 1. The third kappa shape index (κ3) is 8.04. The largest absolute Gasteiger partial charge is 0.496 e. The number of rotatable bonds is 10. The Labute approximate surface area is 319 Å². The van der Waals surface area contributed by atoms with E-state index >= 15 is 0 Å². The molecule has 1 amide bonds. The van der Waals surface area contributed by atoms with E-state index < -0.39 is 0 Å². The molecule has 0 radical (unpaired) electrons. The first-order valence-corrected chi connectivity index (χ1v) is 18.8. The topological polar surface area (TPSA) is 110 Å². The SMILES string of the molecule is COc1cc(-c2cn(C)c(=O)c(C)c2C)cc(OC)c1CN1CCC(COc2cccc3c2CCN(C(=O)C(C#N)=Cc2cccc(Br)n2)C3C)CC1. The molecule has 0 bridgehead atoms. The third-order valence-electron chi connectivity index (χ3n) is 10.7. The highest BCUT2D eigenvalue weighted by molar-refractivity contribution is 9.10. The summed E-state index contributed by atoms with van der Waals surface area (Å²) in [6.45, 7) is 9.52. The predicted molar refractivity (Wildman–Crippen MR) is 209 cm³/mol. The Kier molecular flexibility index (Phi) is 11.7. The number of hydrogen-bond donors (Lipinski definition) is 0. The first-order chi connectivity index (χ1) is 25.5. The maximum absolute atomic E-state index is 13.5. The zero-order chi connectivity index (χ0) is 37.8. The van der Waals surface area contributed by atoms with Crippen molar-refractivity contribution < 1.29 is 19.0 Å². The molecule has 2 aliphatic rings. The van der Waals surface area contributed by atoms with Crippen LogP contribution < -0.4 is 19.8 Å². The van der Waals surface area contributed by atoms with Crippen molar-refractivity contribution >= 4 is 27.9 Å². The number of hydrogen-bond acceptors (Lipinski definition) is 8. The number of methoxy groups -OCH3 is 2. The van der Waals surface area contributed by atoms with Gasteiger partial charge in [0.25, 0.3) is 11.5 Å². The lowest BCUT2D eigenvalue weighted by Crippen LogP contribution is -2.39. The monoisotopic (exact) mass is 779 g/mol. The molecule has 4 aromatic rings. The zero-order valence-corrected chi connectivity index (χ0v) is 32.8. The minimum absolute atomic E-state index is 0.00376. The van der Waals surface area contributed by atoms with Gasteiger partial charge in [0.2, 0.25) is 0 Å². The number of aryl methyl sites for hydroxylation is 1. The fourth-order valence-corrected chi connectivity index (χ4v) is 7.86. The van der Waals surface area contributed by atoms with Gasteiger partial charge in [-0.3, -0.25) is 14.5 Å². The van der Waals surface area contributed by atoms with Gasteiger partial charge in [-0.2, -0.15) is 5.26 Å². The quantitative estimate of drug-likeness (QED) is 0.0946. The summed E-state index contributed by atoms with van der Waals surface area (Å²) in [4.78, 5) is 34.6. The van der Waals surface area contributed by atoms with E-state index in [2.05, 4.69) is 37.9 Å². The average molecular weight is 781 g/mol. The second kappa shape index (κ2) is 16.4. The van der Waals surface area contributed by atoms with Crippen LogP contribution in [0.4, 0.5) is 0 Å². The van der Waals surface area contributed by atoms with Crippen molar-refractivity contribution in [2.45, 2.75) is 52.6 Å². The molecule has 11 heteroatoms. The summed E-state index contributed by atoms with van der Waals surface area (Å²) in [7, 11) is 5.15. The molecule has 0 spiro atoms. The van der Waals surface area contributed by atoms with Gasteiger partial charge in [-0.25, -0.2) is 4.98 Å². The van der Waals surface area contributed by atoms with Gasteiger partial charge >= 0.3 is 0 Å². The van der Waals surface area contributed by atoms with Crippen molar-refractivity contribution in [1.29, 1.82) is 5.26 Å². The van der Waals surface area contributed by atoms with Gasteiger partial charge < -0.3 is 23.7 Å². The van der Waals surface area contributed by atoms with Gasteiger partial charge in [0.15, 0.2) is 0 Å². The molecular formula is C42H46BrN5O5. The summed E-state index contributed by atoms with van der Waals surface area (Å²) in [5.74, 6) is 2.52. The number of likely N-dealkylation sites (tertiary alicyclic amines) is 1. The van der Waals surface area contributed by atoms with Crippen LogP contribution in [0.2, 0.25) is 0 Å². The maximum atomic E-state index is 13.5. The zero-order valence-electron chi connectivity index (χ0n) is 31.2. The molecule has 1 fully saturated rings. The lowest BCUT2D eigenvalue weighted by atomic mass is 9.92. The molecule has 2 aromatic heterocycles. The van der Waals surface area contributed by atoms with Crippen LogP contribution in [-0.4, -0.2) is 65.7 Å². The molecule has 10 nitrogen and oxygen atoms in total. The number of aromatic nitrogens is 2. The number of ether oxygens (including phenoxy) is 3. The molecule has 1 atom stereocenters. The molecule has 0 saturated carbocycles. The molecule has 2 aromatic carbocycles. The second-order valence-corrected chi connectivity index (χ2v) is 14.7. The van der Waals surface area contributed by atoms with E-state index in [1.165, 1.54) is 0 Å². The Morgan fingerprint density at radius 2 is 1.72 bits per heavy atom. The molecule has 1 unspecified atom stereocenters. The highest BCUT2D eigenvalue weighted by Crippen LogP contribution is 2.39. The first kappa shape index (κ1) is 37.8. The molecule has 53 heavy (non-hydrogen) atoms. The highest BCUT2D eigenvalue weighted by atomic mass is 79.9. The predicted octanol–water partition coefficient (Wildman–Crippen LogP) is 7.19. The summed E-state index contributed by atoms with van der Waals surface area (Å²) in [6, 6.07) is 17.4. The van der Waals surface area contributed by atoms with Gasteiger partial charge in [0.05, 0.1) is 38.1 Å². The standard InChI is InChI=1S/C42H46BrN5O5/c1-26-27(2)41(49)46(4)23-35(26)30-20-38(51-5)36(39(21-30)52-6)24-47-16-13-29(14-17-47)25-53-37-11-8-10-33-28(3)48(18-15-34(33)37)42(50)31(22-44)19-32-9-7-12-40(43)45-32/h7-12,19-21,23,28-29H,13-18,24-25H2,1-6H3. The fraction of sp³-hybridized carbons (Fsp3) is 0.381. The average Bonchev–Trinajstić information content (AvgIpc) is 3.17. The molecule has 6 rings (SSSR count). The minimum atomic E-state index is -0.300. The number of fused-ring (bicyclic) bond motifs is 1. The van der Waals surface area contributed by atoms with E-state index in [1.54, 1.807) is 48.9 Å². The fourth-order valence-electron chi connectivity index (χ4n) is 7.50. The van der Waals surface area contributed by atoms with Crippen molar-refractivity contribution in [3.8, 4) is 34.4 Å². The van der Waals surface area contributed by atoms with Crippen molar-refractivity contribution in [3.05, 3.63) is 109 Å². The van der Waals surface area contributed by atoms with E-state index in [4.69, 9.17) is 14.2 Å². The molecule has 0 aliphatic carbocycles. The Bertz CT molecular complexity index is 2120. The molecule has 4 heterocycles. The number of carbonyl (C=O) groups excluding carboxylic acids is 1. The number of halogens is 1. The van der Waals surface area contributed by atoms with E-state index in [0.717, 1.165) is 82.1 Å². The molecule has 276 valence electrons. The minimum Gasteiger partial charge on any atom is -0.496 e. The van der Waals surface area contributed by atoms with Crippen LogP contribution in [0.25, 0.3) is 17.2 Å². The molecule has 1 saturated heterocycles. The third-order valence-corrected chi connectivity index (χ3v) is 11.2. The van der Waals surface area contributed by atoms with E-state index in [0.29, 0.717) is 42.3 Å². The summed E-state index contributed by atoms with van der Waals surface area (Å²) >= 11 is 3.35. The van der Waals surface area contributed by atoms with Crippen LogP contribution in [-0.2, 0) is 24.8 Å². The van der Waals surface area contributed by atoms with E-state index in [-0.39, 0.29) is 23.1 Å². The normalized spacial score (nSPS) is 16.5. The number of nitrogens with zero attached hydrogens (tertiary/aromatic N) is 5. The van der Waals surface area contributed by atoms with Gasteiger partial charge in [-0.15, -0.1) is 0 Å². The maximum Gasteiger partial charge on any atom is 0.265 e. The van der Waals surface area contributed by atoms with Crippen LogP contribution in [0.5, 0.6) is 17.2 Å². The molecule has 2 aliphatic heterocycles. The number of carbonyl (C=O) groups is 1. The second-order valence-electron chi connectivity index (χ2n) is 13.9. The van der Waals surface area contributed by atoms with Crippen molar-refractivity contribution in [2.24, 2.45) is 13.0 Å². The smallest absolute Gasteiger partial charge is 0.265 e. The Morgan fingerprint density at radius 3 is 2.38 bits per heavy atom. The Hall–Kier alpha value is -4.92. The van der Waals surface area contributed by atoms with E-state index in [1.807, 2.05) is 57.3 Å². The summed E-state index contributed by atoms with van der Waals surface area (Å²) in [5, 5.41) is 9.85. The summed E-state index contributed by atoms with van der Waals surface area (Å²) < 4.78 is 20.6. The molecular weight excluding hydrogens is 734 g/mol. The van der Waals surface area contributed by atoms with Crippen molar-refractivity contribution in [2.75, 3.05) is 40.5 Å². The number of benzene rings is 2. The molecule has 0 N–H and O–H groups in total. The van der Waals surface area contributed by atoms with Crippen molar-refractivity contribution in [3.63, 3.8) is 0 Å². The summed E-state index contributed by atoms with van der Waals surface area (Å²) in [5.41, 5.74) is 7.40. The Morgan fingerprint density at radius 1 is 1.02 bits per heavy atom. The number of amides is 1. The number of pyridine rings is 2. The summed E-state index contributed by atoms with van der Waals surface area (Å²) in [6.07, 6.45) is 6.08. The Balaban J connectivity index is 1.08. The van der Waals surface area contributed by atoms with Crippen LogP contribution >= 0.6 is 15.9 Å². The van der Waals surface area contributed by atoms with Gasteiger partial charge in [-0.1, -0.05) is 18.2 Å². The number of nitriles is 1. The lowest BCUT2D eigenvalue weighted by Gasteiger charge is -2.36. The highest BCUT2D eigenvalue weighted by Gasteiger charge is 2.32.